The van der Waals surface area contributed by atoms with E-state index in [0.717, 1.165) is 5.39 Å². The van der Waals surface area contributed by atoms with Crippen LogP contribution in [-0.2, 0) is 0 Å². The molecule has 0 unspecified atom stereocenters. The molecule has 0 aliphatic carbocycles. The first kappa shape index (κ1) is 20.1. The molecular formula is C22H20N4O5. The first-order valence-corrected chi connectivity index (χ1v) is 9.51. The van der Waals surface area contributed by atoms with Crippen molar-refractivity contribution in [1.29, 1.82) is 5.26 Å². The summed E-state index contributed by atoms with van der Waals surface area (Å²) in [5.41, 5.74) is 1.54. The molecule has 1 aromatic heterocycles. The number of nitriles is 1. The molecule has 2 heterocycles. The summed E-state index contributed by atoms with van der Waals surface area (Å²) in [6.07, 6.45) is 0. The molecule has 9 heteroatoms. The van der Waals surface area contributed by atoms with Gasteiger partial charge in [-0.1, -0.05) is 0 Å². The Morgan fingerprint density at radius 3 is 2.61 bits per heavy atom. The maximum atomic E-state index is 12.4. The van der Waals surface area contributed by atoms with Crippen molar-refractivity contribution in [1.82, 2.24) is 10.3 Å². The van der Waals surface area contributed by atoms with Gasteiger partial charge in [0.15, 0.2) is 23.0 Å². The smallest absolute Gasteiger partial charge is 0.251 e. The van der Waals surface area contributed by atoms with E-state index in [4.69, 9.17) is 18.9 Å². The fourth-order valence-corrected chi connectivity index (χ4v) is 3.22. The number of nitrogens with one attached hydrogen (secondary N) is 2. The highest BCUT2D eigenvalue weighted by Gasteiger charge is 2.16. The van der Waals surface area contributed by atoms with Gasteiger partial charge in [0.1, 0.15) is 11.9 Å². The van der Waals surface area contributed by atoms with Crippen LogP contribution in [-0.4, -0.2) is 45.0 Å². The number of pyridine rings is 1. The number of methoxy groups -OCH3 is 2. The molecule has 31 heavy (non-hydrogen) atoms. The van der Waals surface area contributed by atoms with Crippen LogP contribution in [0.15, 0.2) is 36.4 Å². The number of carbonyl (C=O) groups is 1. The van der Waals surface area contributed by atoms with Crippen LogP contribution in [0.2, 0.25) is 0 Å². The fourth-order valence-electron chi connectivity index (χ4n) is 3.22. The zero-order valence-electron chi connectivity index (χ0n) is 17.0. The summed E-state index contributed by atoms with van der Waals surface area (Å²) in [6.45, 7) is 0.886. The first-order valence-electron chi connectivity index (χ1n) is 9.51. The third kappa shape index (κ3) is 4.09. The minimum absolute atomic E-state index is 0.168. The van der Waals surface area contributed by atoms with Crippen LogP contribution in [0.3, 0.4) is 0 Å². The highest BCUT2D eigenvalue weighted by atomic mass is 16.7. The van der Waals surface area contributed by atoms with Gasteiger partial charge < -0.3 is 29.6 Å². The van der Waals surface area contributed by atoms with Crippen LogP contribution in [0.4, 0.5) is 5.82 Å². The number of hydrogen-bond acceptors (Lipinski definition) is 8. The van der Waals surface area contributed by atoms with Gasteiger partial charge in [0.2, 0.25) is 6.79 Å². The van der Waals surface area contributed by atoms with Crippen molar-refractivity contribution in [3.05, 3.63) is 47.5 Å². The molecule has 4 rings (SSSR count). The number of carbonyl (C=O) groups excluding carboxylic acids is 1. The summed E-state index contributed by atoms with van der Waals surface area (Å²) in [5, 5.41) is 16.2. The SMILES string of the molecule is COc1ccc(C(=O)NCCNc2nc3cc4c(cc3cc2C#N)OCO4)cc1OC. The third-order valence-corrected chi connectivity index (χ3v) is 4.78. The van der Waals surface area contributed by atoms with Gasteiger partial charge >= 0.3 is 0 Å². The lowest BCUT2D eigenvalue weighted by Gasteiger charge is -2.11. The van der Waals surface area contributed by atoms with E-state index in [1.807, 2.05) is 0 Å². The number of aromatic nitrogens is 1. The molecule has 0 atom stereocenters. The monoisotopic (exact) mass is 420 g/mol. The fraction of sp³-hybridized carbons (Fsp3) is 0.227. The Hall–Kier alpha value is -4.19. The summed E-state index contributed by atoms with van der Waals surface area (Å²) in [5.74, 6) is 2.48. The molecule has 1 amide bonds. The van der Waals surface area contributed by atoms with Crippen molar-refractivity contribution in [3.63, 3.8) is 0 Å². The molecule has 1 aliphatic heterocycles. The first-order chi connectivity index (χ1) is 15.1. The van der Waals surface area contributed by atoms with Gasteiger partial charge in [-0.15, -0.1) is 0 Å². The van der Waals surface area contributed by atoms with Gasteiger partial charge in [0, 0.05) is 30.1 Å². The maximum Gasteiger partial charge on any atom is 0.251 e. The largest absolute Gasteiger partial charge is 0.493 e. The van der Waals surface area contributed by atoms with Crippen molar-refractivity contribution in [3.8, 4) is 29.1 Å². The van der Waals surface area contributed by atoms with Crippen LogP contribution in [0.5, 0.6) is 23.0 Å². The number of anilines is 1. The van der Waals surface area contributed by atoms with E-state index < -0.39 is 0 Å². The second-order valence-electron chi connectivity index (χ2n) is 6.65. The molecule has 0 bridgehead atoms. The van der Waals surface area contributed by atoms with Gasteiger partial charge in [0.25, 0.3) is 5.91 Å². The Bertz CT molecular complexity index is 1190. The molecule has 9 nitrogen and oxygen atoms in total. The number of rotatable bonds is 7. The molecule has 0 spiro atoms. The summed E-state index contributed by atoms with van der Waals surface area (Å²) < 4.78 is 21.2. The van der Waals surface area contributed by atoms with E-state index in [2.05, 4.69) is 21.7 Å². The molecule has 0 radical (unpaired) electrons. The minimum Gasteiger partial charge on any atom is -0.493 e. The van der Waals surface area contributed by atoms with Gasteiger partial charge in [-0.3, -0.25) is 4.79 Å². The molecule has 0 saturated heterocycles. The zero-order valence-corrected chi connectivity index (χ0v) is 17.0. The highest BCUT2D eigenvalue weighted by Crippen LogP contribution is 2.36. The van der Waals surface area contributed by atoms with Crippen molar-refractivity contribution in [2.45, 2.75) is 0 Å². The Kier molecular flexibility index (Phi) is 5.62. The molecule has 0 fully saturated rings. The normalized spacial score (nSPS) is 11.6. The van der Waals surface area contributed by atoms with Crippen LogP contribution in [0, 0.1) is 11.3 Å². The zero-order chi connectivity index (χ0) is 21.8. The summed E-state index contributed by atoms with van der Waals surface area (Å²) >= 11 is 0. The minimum atomic E-state index is -0.248. The Balaban J connectivity index is 1.41. The maximum absolute atomic E-state index is 12.4. The number of hydrogen-bond donors (Lipinski definition) is 2. The number of ether oxygens (including phenoxy) is 4. The van der Waals surface area contributed by atoms with E-state index >= 15 is 0 Å². The lowest BCUT2D eigenvalue weighted by molar-refractivity contribution is 0.0954. The lowest BCUT2D eigenvalue weighted by Crippen LogP contribution is -2.29. The van der Waals surface area contributed by atoms with Gasteiger partial charge in [-0.2, -0.15) is 5.26 Å². The highest BCUT2D eigenvalue weighted by molar-refractivity contribution is 5.95. The van der Waals surface area contributed by atoms with Crippen molar-refractivity contribution in [2.75, 3.05) is 39.4 Å². The predicted molar refractivity (Wildman–Crippen MR) is 113 cm³/mol. The Morgan fingerprint density at radius 2 is 1.87 bits per heavy atom. The number of nitrogens with zero attached hydrogens (tertiary/aromatic N) is 2. The molecule has 158 valence electrons. The number of benzene rings is 2. The van der Waals surface area contributed by atoms with Crippen LogP contribution < -0.4 is 29.6 Å². The topological polar surface area (TPSA) is 115 Å². The molecule has 0 saturated carbocycles. The average molecular weight is 420 g/mol. The van der Waals surface area contributed by atoms with Crippen molar-refractivity contribution < 1.29 is 23.7 Å². The average Bonchev–Trinajstić information content (AvgIpc) is 3.26. The second kappa shape index (κ2) is 8.67. The molecule has 1 aliphatic rings. The van der Waals surface area contributed by atoms with Gasteiger partial charge in [-0.05, 0) is 30.3 Å². The molecule has 3 aromatic rings. The standard InChI is InChI=1S/C22H20N4O5/c1-28-17-4-3-13(8-18(17)29-2)22(27)25-6-5-24-21-15(11-23)7-14-9-19-20(31-12-30-19)10-16(14)26-21/h3-4,7-10H,5-6,12H2,1-2H3,(H,24,26)(H,25,27). The summed E-state index contributed by atoms with van der Waals surface area (Å²) in [6, 6.07) is 12.4. The van der Waals surface area contributed by atoms with Crippen molar-refractivity contribution in [2.24, 2.45) is 0 Å². The van der Waals surface area contributed by atoms with E-state index in [-0.39, 0.29) is 12.7 Å². The van der Waals surface area contributed by atoms with Crippen LogP contribution in [0.1, 0.15) is 15.9 Å². The molecule has 2 aromatic carbocycles. The van der Waals surface area contributed by atoms with Crippen LogP contribution >= 0.6 is 0 Å². The van der Waals surface area contributed by atoms with E-state index in [0.29, 0.717) is 58.5 Å². The second-order valence-corrected chi connectivity index (χ2v) is 6.65. The summed E-state index contributed by atoms with van der Waals surface area (Å²) in [4.78, 5) is 16.9. The van der Waals surface area contributed by atoms with Crippen molar-refractivity contribution >= 4 is 22.6 Å². The Labute approximate surface area is 178 Å². The molecule has 2 N–H and O–H groups in total. The quantitative estimate of drug-likeness (QED) is 0.561. The number of fused-ring (bicyclic) bond motifs is 2. The van der Waals surface area contributed by atoms with E-state index in [9.17, 15) is 10.1 Å². The van der Waals surface area contributed by atoms with E-state index in [1.165, 1.54) is 14.2 Å². The van der Waals surface area contributed by atoms with Gasteiger partial charge in [0.05, 0.1) is 25.3 Å². The Morgan fingerprint density at radius 1 is 1.10 bits per heavy atom. The lowest BCUT2D eigenvalue weighted by atomic mass is 10.1. The van der Waals surface area contributed by atoms with E-state index in [1.54, 1.807) is 36.4 Å². The summed E-state index contributed by atoms with van der Waals surface area (Å²) in [7, 11) is 3.05. The van der Waals surface area contributed by atoms with Gasteiger partial charge in [-0.25, -0.2) is 4.98 Å². The predicted octanol–water partition coefficient (Wildman–Crippen LogP) is 2.69. The molecular weight excluding hydrogens is 400 g/mol. The number of amides is 1. The third-order valence-electron chi connectivity index (χ3n) is 4.78. The van der Waals surface area contributed by atoms with Crippen LogP contribution in [0.25, 0.3) is 10.9 Å².